The zero-order valence-corrected chi connectivity index (χ0v) is 9.52. The van der Waals surface area contributed by atoms with Crippen LogP contribution < -0.4 is 0 Å². The summed E-state index contributed by atoms with van der Waals surface area (Å²) >= 11 is 5.56. The molecule has 0 aliphatic carbocycles. The van der Waals surface area contributed by atoms with Crippen molar-refractivity contribution in [2.75, 3.05) is 14.2 Å². The molecule has 0 unspecified atom stereocenters. The van der Waals surface area contributed by atoms with Gasteiger partial charge in [-0.3, -0.25) is 9.63 Å². The molecule has 0 aliphatic heterocycles. The fourth-order valence-electron chi connectivity index (χ4n) is 0.727. The van der Waals surface area contributed by atoms with Crippen molar-refractivity contribution in [3.8, 4) is 0 Å². The molecular weight excluding hydrogens is 220 g/mol. The molecule has 15 heavy (non-hydrogen) atoms. The summed E-state index contributed by atoms with van der Waals surface area (Å²) in [6, 6.07) is 0. The standard InChI is InChI=1S/C9H13ClN2O3/c1-4-5-6-7(8(10)11-14)9(13)12(2)15-3/h4-6,14H,1-3H3/b5-4-,7-6+,11-8-. The molecule has 0 aliphatic rings. The van der Waals surface area contributed by atoms with Gasteiger partial charge in [0.2, 0.25) is 0 Å². The summed E-state index contributed by atoms with van der Waals surface area (Å²) in [5, 5.41) is 11.9. The van der Waals surface area contributed by atoms with E-state index in [0.29, 0.717) is 0 Å². The van der Waals surface area contributed by atoms with Gasteiger partial charge in [-0.2, -0.15) is 0 Å². The first-order valence-corrected chi connectivity index (χ1v) is 4.49. The second kappa shape index (κ2) is 7.03. The molecule has 0 saturated carbocycles. The lowest BCUT2D eigenvalue weighted by molar-refractivity contribution is -0.163. The number of amides is 1. The minimum atomic E-state index is -0.501. The van der Waals surface area contributed by atoms with E-state index in [9.17, 15) is 4.79 Å². The molecule has 0 heterocycles. The van der Waals surface area contributed by atoms with E-state index in [4.69, 9.17) is 21.6 Å². The van der Waals surface area contributed by atoms with Crippen LogP contribution in [-0.4, -0.2) is 35.5 Å². The summed E-state index contributed by atoms with van der Waals surface area (Å²) in [6.45, 7) is 1.78. The Kier molecular flexibility index (Phi) is 6.40. The Balaban J connectivity index is 5.04. The molecular formula is C9H13ClN2O3. The molecule has 0 aromatic rings. The van der Waals surface area contributed by atoms with Gasteiger partial charge < -0.3 is 5.21 Å². The van der Waals surface area contributed by atoms with E-state index in [-0.39, 0.29) is 10.7 Å². The number of allylic oxidation sites excluding steroid dienone is 3. The smallest absolute Gasteiger partial charge is 0.280 e. The van der Waals surface area contributed by atoms with Crippen molar-refractivity contribution >= 4 is 22.7 Å². The second-order valence-electron chi connectivity index (χ2n) is 2.48. The summed E-state index contributed by atoms with van der Waals surface area (Å²) in [7, 11) is 2.77. The van der Waals surface area contributed by atoms with Crippen LogP contribution in [0.15, 0.2) is 29.0 Å². The molecule has 84 valence electrons. The summed E-state index contributed by atoms with van der Waals surface area (Å²) < 4.78 is 0. The number of oxime groups is 1. The Morgan fingerprint density at radius 3 is 2.60 bits per heavy atom. The molecule has 0 saturated heterocycles. The molecule has 6 heteroatoms. The molecule has 0 aromatic carbocycles. The molecule has 0 rings (SSSR count). The average molecular weight is 233 g/mol. The number of rotatable bonds is 4. The highest BCUT2D eigenvalue weighted by Crippen LogP contribution is 2.07. The maximum atomic E-state index is 11.6. The van der Waals surface area contributed by atoms with Crippen LogP contribution in [0.2, 0.25) is 0 Å². The van der Waals surface area contributed by atoms with Crippen molar-refractivity contribution in [2.45, 2.75) is 6.92 Å². The van der Waals surface area contributed by atoms with Crippen LogP contribution >= 0.6 is 11.6 Å². The van der Waals surface area contributed by atoms with Gasteiger partial charge in [-0.1, -0.05) is 28.9 Å². The van der Waals surface area contributed by atoms with E-state index in [0.717, 1.165) is 5.06 Å². The highest BCUT2D eigenvalue weighted by Gasteiger charge is 2.18. The Bertz CT molecular complexity index is 310. The van der Waals surface area contributed by atoms with Gasteiger partial charge >= 0.3 is 0 Å². The van der Waals surface area contributed by atoms with Crippen molar-refractivity contribution < 1.29 is 14.8 Å². The van der Waals surface area contributed by atoms with Gasteiger partial charge in [0, 0.05) is 7.05 Å². The maximum absolute atomic E-state index is 11.6. The average Bonchev–Trinajstić information content (AvgIpc) is 2.27. The zero-order chi connectivity index (χ0) is 11.8. The molecule has 0 radical (unpaired) electrons. The van der Waals surface area contributed by atoms with Crippen molar-refractivity contribution in [3.63, 3.8) is 0 Å². The van der Waals surface area contributed by atoms with Gasteiger partial charge in [0.15, 0.2) is 5.17 Å². The Hall–Kier alpha value is -1.33. The van der Waals surface area contributed by atoms with E-state index in [1.54, 1.807) is 19.1 Å². The van der Waals surface area contributed by atoms with Crippen molar-refractivity contribution in [2.24, 2.45) is 5.16 Å². The van der Waals surface area contributed by atoms with Crippen LogP contribution in [0, 0.1) is 0 Å². The van der Waals surface area contributed by atoms with Crippen LogP contribution in [0.1, 0.15) is 6.92 Å². The number of likely N-dealkylation sites (N-methyl/N-ethyl adjacent to an activating group) is 1. The highest BCUT2D eigenvalue weighted by atomic mass is 35.5. The topological polar surface area (TPSA) is 62.1 Å². The van der Waals surface area contributed by atoms with Crippen LogP contribution in [0.5, 0.6) is 0 Å². The van der Waals surface area contributed by atoms with Gasteiger partial charge in [-0.05, 0) is 13.0 Å². The van der Waals surface area contributed by atoms with E-state index in [1.165, 1.54) is 20.2 Å². The monoisotopic (exact) mass is 232 g/mol. The Morgan fingerprint density at radius 1 is 1.60 bits per heavy atom. The first-order valence-electron chi connectivity index (χ1n) is 4.11. The van der Waals surface area contributed by atoms with Gasteiger partial charge in [-0.15, -0.1) is 0 Å². The van der Waals surface area contributed by atoms with Crippen LogP contribution in [0.4, 0.5) is 0 Å². The summed E-state index contributed by atoms with van der Waals surface area (Å²) in [5.41, 5.74) is 0.0432. The van der Waals surface area contributed by atoms with E-state index in [2.05, 4.69) is 5.16 Å². The summed E-state index contributed by atoms with van der Waals surface area (Å²) in [4.78, 5) is 16.3. The quantitative estimate of drug-likeness (QED) is 0.263. The molecule has 0 aromatic heterocycles. The van der Waals surface area contributed by atoms with Crippen LogP contribution in [-0.2, 0) is 9.63 Å². The third kappa shape index (κ3) is 4.14. The number of hydrogen-bond donors (Lipinski definition) is 1. The minimum absolute atomic E-state index is 0.0432. The summed E-state index contributed by atoms with van der Waals surface area (Å²) in [6.07, 6.45) is 4.74. The van der Waals surface area contributed by atoms with Crippen molar-refractivity contribution in [1.82, 2.24) is 5.06 Å². The fourth-order valence-corrected chi connectivity index (χ4v) is 0.871. The third-order valence-electron chi connectivity index (χ3n) is 1.56. The van der Waals surface area contributed by atoms with E-state index in [1.807, 2.05) is 0 Å². The van der Waals surface area contributed by atoms with Crippen LogP contribution in [0.25, 0.3) is 0 Å². The molecule has 0 atom stereocenters. The maximum Gasteiger partial charge on any atom is 0.280 e. The van der Waals surface area contributed by atoms with Gasteiger partial charge in [-0.25, -0.2) is 5.06 Å². The highest BCUT2D eigenvalue weighted by molar-refractivity contribution is 6.72. The van der Waals surface area contributed by atoms with E-state index < -0.39 is 5.91 Å². The van der Waals surface area contributed by atoms with Gasteiger partial charge in [0.1, 0.15) is 0 Å². The number of carbonyl (C=O) groups is 1. The molecule has 1 amide bonds. The lowest BCUT2D eigenvalue weighted by atomic mass is 10.2. The number of hydrogen-bond acceptors (Lipinski definition) is 4. The molecule has 0 fully saturated rings. The first-order chi connectivity index (χ1) is 7.08. The number of nitrogens with zero attached hydrogens (tertiary/aromatic N) is 2. The molecule has 0 spiro atoms. The zero-order valence-electron chi connectivity index (χ0n) is 8.77. The number of carbonyl (C=O) groups excluding carboxylic acids is 1. The fraction of sp³-hybridized carbons (Fsp3) is 0.333. The van der Waals surface area contributed by atoms with Gasteiger partial charge in [0.05, 0.1) is 12.7 Å². The molecule has 5 nitrogen and oxygen atoms in total. The van der Waals surface area contributed by atoms with Crippen molar-refractivity contribution in [3.05, 3.63) is 23.8 Å². The SMILES string of the molecule is C\C=C/C=C(C(=O)N(C)OC)\C(Cl)=N\O. The normalized spacial score (nSPS) is 13.3. The molecule has 0 bridgehead atoms. The summed E-state index contributed by atoms with van der Waals surface area (Å²) in [5.74, 6) is -0.501. The Morgan fingerprint density at radius 2 is 2.20 bits per heavy atom. The first kappa shape index (κ1) is 13.7. The second-order valence-corrected chi connectivity index (χ2v) is 2.84. The van der Waals surface area contributed by atoms with Crippen molar-refractivity contribution in [1.29, 1.82) is 0 Å². The number of halogens is 1. The lowest BCUT2D eigenvalue weighted by Gasteiger charge is -2.14. The third-order valence-corrected chi connectivity index (χ3v) is 1.83. The predicted octanol–water partition coefficient (Wildman–Crippen LogP) is 1.54. The predicted molar refractivity (Wildman–Crippen MR) is 57.8 cm³/mol. The molecule has 1 N–H and O–H groups in total. The van der Waals surface area contributed by atoms with Crippen LogP contribution in [0.3, 0.4) is 0 Å². The largest absolute Gasteiger partial charge is 0.410 e. The number of hydroxylamine groups is 2. The lowest BCUT2D eigenvalue weighted by Crippen LogP contribution is -2.28. The van der Waals surface area contributed by atoms with Gasteiger partial charge in [0.25, 0.3) is 5.91 Å². The minimum Gasteiger partial charge on any atom is -0.410 e. The van der Waals surface area contributed by atoms with E-state index >= 15 is 0 Å². The Labute approximate surface area is 93.2 Å².